The summed E-state index contributed by atoms with van der Waals surface area (Å²) in [5.74, 6) is 0. The fraction of sp³-hybridized carbons (Fsp3) is 0.133. The zero-order chi connectivity index (χ0) is 14.8. The van der Waals surface area contributed by atoms with Crippen LogP contribution in [0.1, 0.15) is 17.0 Å². The Bertz CT molecular complexity index is 769. The summed E-state index contributed by atoms with van der Waals surface area (Å²) in [7, 11) is 0. The summed E-state index contributed by atoms with van der Waals surface area (Å²) in [5.41, 5.74) is 4.52. The van der Waals surface area contributed by atoms with Gasteiger partial charge < -0.3 is 4.57 Å². The molecule has 3 rings (SSSR count). The van der Waals surface area contributed by atoms with Crippen molar-refractivity contribution in [3.8, 4) is 5.69 Å². The quantitative estimate of drug-likeness (QED) is 0.685. The Hall–Kier alpha value is -2.21. The molecule has 0 aliphatic carbocycles. The van der Waals surface area contributed by atoms with Crippen LogP contribution in [0.3, 0.4) is 0 Å². The highest BCUT2D eigenvalue weighted by Crippen LogP contribution is 2.21. The molecule has 0 aliphatic rings. The average molecular weight is 344 g/mol. The number of halogens is 1. The highest BCUT2D eigenvalue weighted by Gasteiger charge is 2.09. The first-order valence-corrected chi connectivity index (χ1v) is 7.28. The molecule has 5 nitrogen and oxygen atoms in total. The van der Waals surface area contributed by atoms with Gasteiger partial charge in [0.15, 0.2) is 0 Å². The Kier molecular flexibility index (Phi) is 3.70. The number of hydrogen-bond acceptors (Lipinski definition) is 3. The third-order valence-electron chi connectivity index (χ3n) is 3.29. The van der Waals surface area contributed by atoms with Crippen molar-refractivity contribution < 1.29 is 0 Å². The van der Waals surface area contributed by atoms with Crippen molar-refractivity contribution in [1.82, 2.24) is 19.4 Å². The van der Waals surface area contributed by atoms with Crippen molar-refractivity contribution in [2.75, 3.05) is 0 Å². The molecule has 0 aliphatic heterocycles. The Labute approximate surface area is 131 Å². The normalized spacial score (nSPS) is 11.4. The Morgan fingerprint density at radius 1 is 1.10 bits per heavy atom. The molecule has 0 N–H and O–H groups in total. The summed E-state index contributed by atoms with van der Waals surface area (Å²) in [6, 6.07) is 10.4. The van der Waals surface area contributed by atoms with E-state index in [0.717, 1.165) is 21.4 Å². The molecule has 0 spiro atoms. The minimum Gasteiger partial charge on any atom is -0.318 e. The lowest BCUT2D eigenvalue weighted by Gasteiger charge is -2.09. The summed E-state index contributed by atoms with van der Waals surface area (Å²) < 4.78 is 4.86. The molecule has 0 bridgehead atoms. The second kappa shape index (κ2) is 5.65. The van der Waals surface area contributed by atoms with E-state index in [4.69, 9.17) is 0 Å². The molecule has 1 aromatic carbocycles. The Balaban J connectivity index is 1.98. The van der Waals surface area contributed by atoms with Gasteiger partial charge in [0.25, 0.3) is 0 Å². The van der Waals surface area contributed by atoms with E-state index < -0.39 is 0 Å². The van der Waals surface area contributed by atoms with Gasteiger partial charge >= 0.3 is 0 Å². The Morgan fingerprint density at radius 3 is 2.43 bits per heavy atom. The first-order chi connectivity index (χ1) is 10.1. The third kappa shape index (κ3) is 2.80. The van der Waals surface area contributed by atoms with Crippen molar-refractivity contribution in [1.29, 1.82) is 0 Å². The molecule has 21 heavy (non-hydrogen) atoms. The summed E-state index contributed by atoms with van der Waals surface area (Å²) in [5, 5.41) is 11.8. The zero-order valence-electron chi connectivity index (χ0n) is 11.7. The predicted octanol–water partition coefficient (Wildman–Crippen LogP) is 3.33. The maximum absolute atomic E-state index is 4.31. The van der Waals surface area contributed by atoms with Crippen molar-refractivity contribution in [3.63, 3.8) is 0 Å². The lowest BCUT2D eigenvalue weighted by atomic mass is 10.2. The molecule has 0 unspecified atom stereocenters. The first-order valence-electron chi connectivity index (χ1n) is 6.49. The average Bonchev–Trinajstić information content (AvgIpc) is 3.07. The van der Waals surface area contributed by atoms with Crippen LogP contribution in [0.25, 0.3) is 5.69 Å². The van der Waals surface area contributed by atoms with Crippen LogP contribution >= 0.6 is 15.9 Å². The van der Waals surface area contributed by atoms with E-state index >= 15 is 0 Å². The van der Waals surface area contributed by atoms with Crippen LogP contribution in [0.2, 0.25) is 0 Å². The molecule has 3 aromatic rings. The van der Waals surface area contributed by atoms with Gasteiger partial charge in [0.1, 0.15) is 12.7 Å². The molecule has 2 heterocycles. The van der Waals surface area contributed by atoms with Crippen molar-refractivity contribution in [3.05, 3.63) is 64.4 Å². The molecular formula is C15H14BrN5. The summed E-state index contributed by atoms with van der Waals surface area (Å²) >= 11 is 3.46. The molecule has 106 valence electrons. The van der Waals surface area contributed by atoms with Crippen molar-refractivity contribution in [2.45, 2.75) is 13.8 Å². The SMILES string of the molecule is Cc1cc(/C=N/n2cnnc2)c(C)n1-c1ccc(Br)cc1. The monoisotopic (exact) mass is 343 g/mol. The smallest absolute Gasteiger partial charge is 0.141 e. The third-order valence-corrected chi connectivity index (χ3v) is 3.82. The van der Waals surface area contributed by atoms with Crippen LogP contribution in [0.15, 0.2) is 52.6 Å². The van der Waals surface area contributed by atoms with Gasteiger partial charge in [0.05, 0.1) is 6.21 Å². The van der Waals surface area contributed by atoms with E-state index in [0.29, 0.717) is 0 Å². The molecule has 0 atom stereocenters. The van der Waals surface area contributed by atoms with E-state index in [1.807, 2.05) is 18.3 Å². The fourth-order valence-electron chi connectivity index (χ4n) is 2.29. The fourth-order valence-corrected chi connectivity index (χ4v) is 2.55. The van der Waals surface area contributed by atoms with E-state index in [9.17, 15) is 0 Å². The van der Waals surface area contributed by atoms with Crippen molar-refractivity contribution in [2.24, 2.45) is 5.10 Å². The number of nitrogens with zero attached hydrogens (tertiary/aromatic N) is 5. The number of rotatable bonds is 3. The summed E-state index contributed by atoms with van der Waals surface area (Å²) in [4.78, 5) is 0. The van der Waals surface area contributed by atoms with E-state index in [2.05, 4.69) is 67.8 Å². The molecule has 0 fully saturated rings. The van der Waals surface area contributed by atoms with Gasteiger partial charge in [-0.2, -0.15) is 5.10 Å². The first kappa shape index (κ1) is 13.8. The maximum Gasteiger partial charge on any atom is 0.141 e. The molecule has 0 saturated carbocycles. The van der Waals surface area contributed by atoms with E-state index in [1.165, 1.54) is 5.69 Å². The van der Waals surface area contributed by atoms with Gasteiger partial charge in [-0.05, 0) is 44.2 Å². The van der Waals surface area contributed by atoms with Crippen LogP contribution in [-0.2, 0) is 0 Å². The summed E-state index contributed by atoms with van der Waals surface area (Å²) in [6.45, 7) is 4.17. The van der Waals surface area contributed by atoms with Gasteiger partial charge in [0.2, 0.25) is 0 Å². The van der Waals surface area contributed by atoms with Gasteiger partial charge in [-0.1, -0.05) is 15.9 Å². The standard InChI is InChI=1S/C15H14BrN5/c1-11-7-13(8-19-20-9-17-18-10-20)12(2)21(11)15-5-3-14(16)4-6-15/h3-10H,1-2H3/b19-8+. The molecule has 6 heteroatoms. The lowest BCUT2D eigenvalue weighted by molar-refractivity contribution is 0.877. The van der Waals surface area contributed by atoms with Crippen LogP contribution in [-0.4, -0.2) is 25.7 Å². The number of benzene rings is 1. The maximum atomic E-state index is 4.31. The van der Waals surface area contributed by atoms with Crippen LogP contribution in [0.4, 0.5) is 0 Å². The minimum atomic E-state index is 1.07. The lowest BCUT2D eigenvalue weighted by Crippen LogP contribution is -1.99. The minimum absolute atomic E-state index is 1.07. The van der Waals surface area contributed by atoms with Crippen LogP contribution in [0, 0.1) is 13.8 Å². The highest BCUT2D eigenvalue weighted by atomic mass is 79.9. The molecular weight excluding hydrogens is 330 g/mol. The van der Waals surface area contributed by atoms with E-state index in [1.54, 1.807) is 17.3 Å². The van der Waals surface area contributed by atoms with E-state index in [-0.39, 0.29) is 0 Å². The van der Waals surface area contributed by atoms with Crippen molar-refractivity contribution >= 4 is 22.1 Å². The topological polar surface area (TPSA) is 48.0 Å². The second-order valence-electron chi connectivity index (χ2n) is 4.72. The van der Waals surface area contributed by atoms with Crippen LogP contribution in [0.5, 0.6) is 0 Å². The number of aromatic nitrogens is 4. The summed E-state index contributed by atoms with van der Waals surface area (Å²) in [6.07, 6.45) is 4.94. The molecule has 2 aromatic heterocycles. The molecule has 0 radical (unpaired) electrons. The number of hydrogen-bond donors (Lipinski definition) is 0. The van der Waals surface area contributed by atoms with Gasteiger partial charge in [-0.3, -0.25) is 0 Å². The predicted molar refractivity (Wildman–Crippen MR) is 86.0 cm³/mol. The van der Waals surface area contributed by atoms with Gasteiger partial charge in [0, 0.05) is 27.1 Å². The highest BCUT2D eigenvalue weighted by molar-refractivity contribution is 9.10. The van der Waals surface area contributed by atoms with Crippen LogP contribution < -0.4 is 0 Å². The second-order valence-corrected chi connectivity index (χ2v) is 5.64. The number of aryl methyl sites for hydroxylation is 1. The molecule has 0 amide bonds. The molecule has 0 saturated heterocycles. The largest absolute Gasteiger partial charge is 0.318 e. The van der Waals surface area contributed by atoms with Gasteiger partial charge in [-0.15, -0.1) is 10.2 Å². The Morgan fingerprint density at radius 2 is 1.76 bits per heavy atom. The van der Waals surface area contributed by atoms with Gasteiger partial charge in [-0.25, -0.2) is 4.68 Å². The zero-order valence-corrected chi connectivity index (χ0v) is 13.3.